The first-order valence-electron chi connectivity index (χ1n) is 6.17. The number of halogens is 1. The molecule has 0 aliphatic carbocycles. The molecule has 1 aromatic heterocycles. The average Bonchev–Trinajstić information content (AvgIpc) is 2.73. The van der Waals surface area contributed by atoms with Crippen molar-refractivity contribution in [2.24, 2.45) is 0 Å². The third-order valence-corrected chi connectivity index (χ3v) is 3.16. The Balaban J connectivity index is 2.35. The van der Waals surface area contributed by atoms with Crippen LogP contribution >= 0.6 is 11.6 Å². The van der Waals surface area contributed by atoms with Crippen molar-refractivity contribution in [1.29, 1.82) is 0 Å². The van der Waals surface area contributed by atoms with Crippen molar-refractivity contribution in [1.82, 2.24) is 9.55 Å². The maximum Gasteiger partial charge on any atom is 0.207 e. The SMILES string of the molecule is COc1ccc(Cl)c(Nc2nc(C)cn2C(C)C)c1. The van der Waals surface area contributed by atoms with E-state index in [1.807, 2.05) is 25.3 Å². The molecule has 0 spiro atoms. The van der Waals surface area contributed by atoms with Crippen LogP contribution in [0.5, 0.6) is 5.75 Å². The van der Waals surface area contributed by atoms with Crippen molar-refractivity contribution in [2.45, 2.75) is 26.8 Å². The van der Waals surface area contributed by atoms with E-state index in [0.29, 0.717) is 11.1 Å². The first-order valence-corrected chi connectivity index (χ1v) is 6.55. The van der Waals surface area contributed by atoms with Gasteiger partial charge in [0.1, 0.15) is 5.75 Å². The van der Waals surface area contributed by atoms with Gasteiger partial charge in [0.25, 0.3) is 0 Å². The van der Waals surface area contributed by atoms with Crippen LogP contribution in [0.1, 0.15) is 25.6 Å². The molecule has 5 heteroatoms. The number of hydrogen-bond donors (Lipinski definition) is 1. The lowest BCUT2D eigenvalue weighted by molar-refractivity contribution is 0.415. The zero-order valence-electron chi connectivity index (χ0n) is 11.6. The molecule has 0 atom stereocenters. The van der Waals surface area contributed by atoms with E-state index in [2.05, 4.69) is 28.7 Å². The topological polar surface area (TPSA) is 39.1 Å². The fraction of sp³-hybridized carbons (Fsp3) is 0.357. The first kappa shape index (κ1) is 13.7. The smallest absolute Gasteiger partial charge is 0.207 e. The number of benzene rings is 1. The van der Waals surface area contributed by atoms with E-state index >= 15 is 0 Å². The monoisotopic (exact) mass is 279 g/mol. The zero-order valence-corrected chi connectivity index (χ0v) is 12.3. The van der Waals surface area contributed by atoms with Crippen molar-refractivity contribution >= 4 is 23.2 Å². The van der Waals surface area contributed by atoms with Gasteiger partial charge in [0.05, 0.1) is 23.5 Å². The molecule has 19 heavy (non-hydrogen) atoms. The second-order valence-electron chi connectivity index (χ2n) is 4.68. The van der Waals surface area contributed by atoms with Gasteiger partial charge < -0.3 is 14.6 Å². The Labute approximate surface area is 118 Å². The summed E-state index contributed by atoms with van der Waals surface area (Å²) in [5.41, 5.74) is 1.75. The predicted octanol–water partition coefficient (Wildman–Crippen LogP) is 4.18. The summed E-state index contributed by atoms with van der Waals surface area (Å²) < 4.78 is 7.28. The van der Waals surface area contributed by atoms with Crippen molar-refractivity contribution in [3.63, 3.8) is 0 Å². The highest BCUT2D eigenvalue weighted by Gasteiger charge is 2.11. The molecule has 102 valence electrons. The third kappa shape index (κ3) is 3.01. The van der Waals surface area contributed by atoms with Crippen LogP contribution in [0.2, 0.25) is 5.02 Å². The number of anilines is 2. The van der Waals surface area contributed by atoms with Gasteiger partial charge in [0, 0.05) is 18.3 Å². The van der Waals surface area contributed by atoms with Gasteiger partial charge in [-0.3, -0.25) is 0 Å². The van der Waals surface area contributed by atoms with Gasteiger partial charge in [-0.1, -0.05) is 11.6 Å². The van der Waals surface area contributed by atoms with Crippen molar-refractivity contribution in [2.75, 3.05) is 12.4 Å². The maximum atomic E-state index is 6.19. The molecule has 0 amide bonds. The molecule has 2 aromatic rings. The molecule has 0 aliphatic heterocycles. The Bertz CT molecular complexity index is 578. The Hall–Kier alpha value is -1.68. The molecule has 0 saturated heterocycles. The molecule has 0 bridgehead atoms. The Morgan fingerprint density at radius 1 is 1.37 bits per heavy atom. The molecule has 0 fully saturated rings. The van der Waals surface area contributed by atoms with Crippen molar-refractivity contribution < 1.29 is 4.74 Å². The second kappa shape index (κ2) is 5.53. The van der Waals surface area contributed by atoms with Crippen LogP contribution in [-0.4, -0.2) is 16.7 Å². The van der Waals surface area contributed by atoms with E-state index in [1.165, 1.54) is 0 Å². The number of aromatic nitrogens is 2. The maximum absolute atomic E-state index is 6.19. The summed E-state index contributed by atoms with van der Waals surface area (Å²) in [5, 5.41) is 3.89. The Kier molecular flexibility index (Phi) is 4.00. The number of rotatable bonds is 4. The summed E-state index contributed by atoms with van der Waals surface area (Å²) in [6, 6.07) is 5.82. The number of ether oxygens (including phenoxy) is 1. The summed E-state index contributed by atoms with van der Waals surface area (Å²) in [7, 11) is 1.63. The largest absolute Gasteiger partial charge is 0.497 e. The molecule has 1 heterocycles. The first-order chi connectivity index (χ1) is 9.01. The van der Waals surface area contributed by atoms with Gasteiger partial charge in [-0.2, -0.15) is 0 Å². The molecule has 0 saturated carbocycles. The molecule has 2 rings (SSSR count). The van der Waals surface area contributed by atoms with Crippen LogP contribution in [-0.2, 0) is 0 Å². The fourth-order valence-corrected chi connectivity index (χ4v) is 2.01. The fourth-order valence-electron chi connectivity index (χ4n) is 1.85. The van der Waals surface area contributed by atoms with E-state index in [-0.39, 0.29) is 0 Å². The van der Waals surface area contributed by atoms with E-state index in [1.54, 1.807) is 13.2 Å². The lowest BCUT2D eigenvalue weighted by atomic mass is 10.3. The zero-order chi connectivity index (χ0) is 14.0. The molecule has 0 aliphatic rings. The number of methoxy groups -OCH3 is 1. The highest BCUT2D eigenvalue weighted by Crippen LogP contribution is 2.30. The van der Waals surface area contributed by atoms with Crippen LogP contribution in [0.25, 0.3) is 0 Å². The van der Waals surface area contributed by atoms with Gasteiger partial charge in [-0.15, -0.1) is 0 Å². The van der Waals surface area contributed by atoms with Crippen LogP contribution < -0.4 is 10.1 Å². The lowest BCUT2D eigenvalue weighted by Crippen LogP contribution is -2.05. The van der Waals surface area contributed by atoms with Gasteiger partial charge >= 0.3 is 0 Å². The predicted molar refractivity (Wildman–Crippen MR) is 78.6 cm³/mol. The number of aryl methyl sites for hydroxylation is 1. The van der Waals surface area contributed by atoms with Crippen LogP contribution in [0.15, 0.2) is 24.4 Å². The molecular formula is C14H18ClN3O. The molecule has 1 aromatic carbocycles. The summed E-state index contributed by atoms with van der Waals surface area (Å²) in [4.78, 5) is 4.48. The minimum absolute atomic E-state index is 0.327. The van der Waals surface area contributed by atoms with Crippen molar-refractivity contribution in [3.8, 4) is 5.75 Å². The van der Waals surface area contributed by atoms with Gasteiger partial charge in [0.15, 0.2) is 0 Å². The molecule has 0 unspecified atom stereocenters. The molecule has 0 radical (unpaired) electrons. The summed E-state index contributed by atoms with van der Waals surface area (Å²) in [5.74, 6) is 1.54. The third-order valence-electron chi connectivity index (χ3n) is 2.83. The molecular weight excluding hydrogens is 262 g/mol. The van der Waals surface area contributed by atoms with Gasteiger partial charge in [0.2, 0.25) is 5.95 Å². The number of imidazole rings is 1. The summed E-state index contributed by atoms with van der Waals surface area (Å²) in [6.45, 7) is 6.19. The quantitative estimate of drug-likeness (QED) is 0.912. The summed E-state index contributed by atoms with van der Waals surface area (Å²) in [6.07, 6.45) is 2.01. The summed E-state index contributed by atoms with van der Waals surface area (Å²) >= 11 is 6.19. The van der Waals surface area contributed by atoms with Crippen LogP contribution in [0, 0.1) is 6.92 Å². The number of hydrogen-bond acceptors (Lipinski definition) is 3. The van der Waals surface area contributed by atoms with Crippen molar-refractivity contribution in [3.05, 3.63) is 35.1 Å². The number of nitrogens with one attached hydrogen (secondary N) is 1. The normalized spacial score (nSPS) is 10.8. The van der Waals surface area contributed by atoms with E-state index < -0.39 is 0 Å². The van der Waals surface area contributed by atoms with Gasteiger partial charge in [-0.25, -0.2) is 4.98 Å². The van der Waals surface area contributed by atoms with Crippen LogP contribution in [0.4, 0.5) is 11.6 Å². The second-order valence-corrected chi connectivity index (χ2v) is 5.08. The number of nitrogens with zero attached hydrogens (tertiary/aromatic N) is 2. The van der Waals surface area contributed by atoms with E-state index in [0.717, 1.165) is 23.1 Å². The average molecular weight is 280 g/mol. The highest BCUT2D eigenvalue weighted by molar-refractivity contribution is 6.33. The lowest BCUT2D eigenvalue weighted by Gasteiger charge is -2.14. The van der Waals surface area contributed by atoms with Crippen LogP contribution in [0.3, 0.4) is 0 Å². The van der Waals surface area contributed by atoms with E-state index in [9.17, 15) is 0 Å². The highest BCUT2D eigenvalue weighted by atomic mass is 35.5. The van der Waals surface area contributed by atoms with E-state index in [4.69, 9.17) is 16.3 Å². The minimum atomic E-state index is 0.327. The van der Waals surface area contributed by atoms with Gasteiger partial charge in [-0.05, 0) is 32.9 Å². The Morgan fingerprint density at radius 2 is 2.11 bits per heavy atom. The molecule has 1 N–H and O–H groups in total. The standard InChI is InChI=1S/C14H18ClN3O/c1-9(2)18-8-10(3)16-14(18)17-13-7-11(19-4)5-6-12(13)15/h5-9H,1-4H3,(H,16,17). The molecule has 4 nitrogen and oxygen atoms in total. The minimum Gasteiger partial charge on any atom is -0.497 e. The Morgan fingerprint density at radius 3 is 2.74 bits per heavy atom.